The van der Waals surface area contributed by atoms with Gasteiger partial charge in [-0.2, -0.15) is 0 Å². The molecule has 2 aliphatic rings. The number of amides is 4. The Bertz CT molecular complexity index is 1050. The Labute approximate surface area is 199 Å². The van der Waals surface area contributed by atoms with Crippen molar-refractivity contribution in [3.63, 3.8) is 0 Å². The second kappa shape index (κ2) is 10.7. The van der Waals surface area contributed by atoms with Crippen LogP contribution in [0.25, 0.3) is 0 Å². The average molecular weight is 466 g/mol. The second-order valence-corrected chi connectivity index (χ2v) is 8.67. The van der Waals surface area contributed by atoms with E-state index in [2.05, 4.69) is 34.5 Å². The lowest BCUT2D eigenvalue weighted by Gasteiger charge is -2.34. The molecule has 180 valence electrons. The molecule has 2 fully saturated rings. The van der Waals surface area contributed by atoms with E-state index in [9.17, 15) is 14.4 Å². The summed E-state index contributed by atoms with van der Waals surface area (Å²) in [4.78, 5) is 42.0. The summed E-state index contributed by atoms with van der Waals surface area (Å²) in [5, 5.41) is 2.33. The molecule has 2 aliphatic heterocycles. The van der Waals surface area contributed by atoms with Gasteiger partial charge in [0.1, 0.15) is 5.75 Å². The minimum atomic E-state index is -0.444. The van der Waals surface area contributed by atoms with Gasteiger partial charge < -0.3 is 15.4 Å². The first-order chi connectivity index (χ1) is 16.4. The first-order valence-corrected chi connectivity index (χ1v) is 11.6. The highest BCUT2D eigenvalue weighted by Crippen LogP contribution is 2.27. The highest BCUT2D eigenvalue weighted by Gasteiger charge is 2.26. The van der Waals surface area contributed by atoms with Crippen LogP contribution in [-0.2, 0) is 22.7 Å². The van der Waals surface area contributed by atoms with Crippen molar-refractivity contribution in [1.29, 1.82) is 0 Å². The molecule has 2 aromatic carbocycles. The molecule has 0 atom stereocenters. The van der Waals surface area contributed by atoms with Gasteiger partial charge in [0.2, 0.25) is 5.91 Å². The van der Waals surface area contributed by atoms with Crippen molar-refractivity contribution in [3.05, 3.63) is 59.2 Å². The number of imide groups is 1. The molecule has 0 aliphatic carbocycles. The lowest BCUT2D eigenvalue weighted by atomic mass is 10.1. The Morgan fingerprint density at radius 2 is 1.71 bits per heavy atom. The number of hydrogen-bond acceptors (Lipinski definition) is 6. The van der Waals surface area contributed by atoms with E-state index in [4.69, 9.17) is 10.5 Å². The van der Waals surface area contributed by atoms with Crippen LogP contribution >= 0.6 is 0 Å². The fourth-order valence-corrected chi connectivity index (χ4v) is 4.19. The third kappa shape index (κ3) is 5.73. The monoisotopic (exact) mass is 465 g/mol. The van der Waals surface area contributed by atoms with Crippen molar-refractivity contribution in [1.82, 2.24) is 15.1 Å². The summed E-state index contributed by atoms with van der Waals surface area (Å²) in [6.45, 7) is 6.47. The van der Waals surface area contributed by atoms with Crippen LogP contribution in [0.3, 0.4) is 0 Å². The summed E-state index contributed by atoms with van der Waals surface area (Å²) in [5.74, 6) is 0.176. The standard InChI is InChI=1S/C25H31N5O4/c1-18-2-7-21(14-22(18)30-9-8-23(31)27-25(30)33)34-17-24(32)29-12-10-28(11-13-29)16-20-5-3-19(15-26)4-6-20/h2-7,14H,8-13,15-17,26H2,1H3,(H,27,31,33). The van der Waals surface area contributed by atoms with E-state index >= 15 is 0 Å². The van der Waals surface area contributed by atoms with Gasteiger partial charge >= 0.3 is 6.03 Å². The van der Waals surface area contributed by atoms with Crippen LogP contribution in [0.2, 0.25) is 0 Å². The summed E-state index contributed by atoms with van der Waals surface area (Å²) in [6.07, 6.45) is 0.250. The Morgan fingerprint density at radius 3 is 2.38 bits per heavy atom. The third-order valence-corrected chi connectivity index (χ3v) is 6.28. The molecule has 2 saturated heterocycles. The molecular weight excluding hydrogens is 434 g/mol. The molecule has 0 aromatic heterocycles. The molecule has 34 heavy (non-hydrogen) atoms. The Morgan fingerprint density at radius 1 is 1.00 bits per heavy atom. The minimum absolute atomic E-state index is 0.0598. The number of carbonyl (C=O) groups excluding carboxylic acids is 3. The van der Waals surface area contributed by atoms with Crippen LogP contribution in [-0.4, -0.2) is 67.0 Å². The van der Waals surface area contributed by atoms with Crippen LogP contribution in [0.5, 0.6) is 5.75 Å². The zero-order valence-electron chi connectivity index (χ0n) is 19.5. The third-order valence-electron chi connectivity index (χ3n) is 6.28. The number of benzene rings is 2. The quantitative estimate of drug-likeness (QED) is 0.643. The lowest BCUT2D eigenvalue weighted by Crippen LogP contribution is -2.50. The summed E-state index contributed by atoms with van der Waals surface area (Å²) in [7, 11) is 0. The van der Waals surface area contributed by atoms with Crippen LogP contribution in [0.4, 0.5) is 10.5 Å². The van der Waals surface area contributed by atoms with Crippen molar-refractivity contribution in [2.75, 3.05) is 44.2 Å². The Kier molecular flexibility index (Phi) is 7.44. The Balaban J connectivity index is 1.27. The number of rotatable bonds is 7. The molecule has 9 nitrogen and oxygen atoms in total. The van der Waals surface area contributed by atoms with Gasteiger partial charge in [-0.1, -0.05) is 30.3 Å². The van der Waals surface area contributed by atoms with E-state index in [1.807, 2.05) is 17.9 Å². The first-order valence-electron chi connectivity index (χ1n) is 11.6. The molecule has 0 bridgehead atoms. The summed E-state index contributed by atoms with van der Waals surface area (Å²) >= 11 is 0. The van der Waals surface area contributed by atoms with E-state index in [0.717, 1.165) is 30.8 Å². The van der Waals surface area contributed by atoms with Gasteiger partial charge in [0, 0.05) is 58.3 Å². The maximum absolute atomic E-state index is 12.7. The van der Waals surface area contributed by atoms with Crippen LogP contribution < -0.4 is 20.7 Å². The van der Waals surface area contributed by atoms with E-state index in [1.165, 1.54) is 10.5 Å². The van der Waals surface area contributed by atoms with E-state index < -0.39 is 6.03 Å². The molecule has 0 spiro atoms. The second-order valence-electron chi connectivity index (χ2n) is 8.67. The maximum atomic E-state index is 12.7. The molecule has 0 radical (unpaired) electrons. The predicted molar refractivity (Wildman–Crippen MR) is 128 cm³/mol. The number of ether oxygens (including phenoxy) is 1. The van der Waals surface area contributed by atoms with E-state index in [1.54, 1.807) is 12.1 Å². The van der Waals surface area contributed by atoms with Gasteiger partial charge in [-0.25, -0.2) is 4.79 Å². The van der Waals surface area contributed by atoms with Crippen LogP contribution in [0.15, 0.2) is 42.5 Å². The number of carbonyl (C=O) groups is 3. The van der Waals surface area contributed by atoms with Gasteiger partial charge in [0.05, 0.1) is 5.69 Å². The molecule has 3 N–H and O–H groups in total. The molecule has 2 heterocycles. The smallest absolute Gasteiger partial charge is 0.328 e. The molecular formula is C25H31N5O4. The number of aryl methyl sites for hydroxylation is 1. The SMILES string of the molecule is Cc1ccc(OCC(=O)N2CCN(Cc3ccc(CN)cc3)CC2)cc1N1CCC(=O)NC1=O. The largest absolute Gasteiger partial charge is 0.484 e. The van der Waals surface area contributed by atoms with Crippen molar-refractivity contribution in [2.45, 2.75) is 26.4 Å². The lowest BCUT2D eigenvalue weighted by molar-refractivity contribution is -0.135. The highest BCUT2D eigenvalue weighted by atomic mass is 16.5. The number of piperazine rings is 1. The Hall–Kier alpha value is -3.43. The minimum Gasteiger partial charge on any atom is -0.484 e. The van der Waals surface area contributed by atoms with Gasteiger partial charge in [0.15, 0.2) is 6.61 Å². The predicted octanol–water partition coefficient (Wildman–Crippen LogP) is 1.62. The molecule has 0 saturated carbocycles. The van der Waals surface area contributed by atoms with Gasteiger partial charge in [-0.3, -0.25) is 24.7 Å². The van der Waals surface area contributed by atoms with Gasteiger partial charge in [-0.15, -0.1) is 0 Å². The summed E-state index contributed by atoms with van der Waals surface area (Å²) < 4.78 is 5.77. The summed E-state index contributed by atoms with van der Waals surface area (Å²) in [6, 6.07) is 13.3. The molecule has 2 aromatic rings. The zero-order valence-corrected chi connectivity index (χ0v) is 19.5. The fourth-order valence-electron chi connectivity index (χ4n) is 4.19. The number of nitrogens with one attached hydrogen (secondary N) is 1. The first kappa shape index (κ1) is 23.7. The van der Waals surface area contributed by atoms with Crippen molar-refractivity contribution < 1.29 is 19.1 Å². The number of hydrogen-bond donors (Lipinski definition) is 2. The van der Waals surface area contributed by atoms with Crippen LogP contribution in [0, 0.1) is 6.92 Å². The van der Waals surface area contributed by atoms with Crippen molar-refractivity contribution in [3.8, 4) is 5.75 Å². The fraction of sp³-hybridized carbons (Fsp3) is 0.400. The van der Waals surface area contributed by atoms with Gasteiger partial charge in [-0.05, 0) is 29.7 Å². The van der Waals surface area contributed by atoms with E-state index in [-0.39, 0.29) is 24.8 Å². The highest BCUT2D eigenvalue weighted by molar-refractivity contribution is 6.06. The number of nitrogens with zero attached hydrogens (tertiary/aromatic N) is 3. The average Bonchev–Trinajstić information content (AvgIpc) is 2.84. The van der Waals surface area contributed by atoms with Crippen molar-refractivity contribution >= 4 is 23.5 Å². The molecule has 9 heteroatoms. The van der Waals surface area contributed by atoms with Gasteiger partial charge in [0.25, 0.3) is 5.91 Å². The summed E-state index contributed by atoms with van der Waals surface area (Å²) in [5.41, 5.74) is 9.57. The number of urea groups is 1. The number of anilines is 1. The molecule has 4 amide bonds. The number of nitrogens with two attached hydrogens (primary N) is 1. The van der Waals surface area contributed by atoms with Crippen LogP contribution in [0.1, 0.15) is 23.1 Å². The normalized spacial score (nSPS) is 17.0. The molecule has 0 unspecified atom stereocenters. The van der Waals surface area contributed by atoms with E-state index in [0.29, 0.717) is 37.6 Å². The molecule has 4 rings (SSSR count). The topological polar surface area (TPSA) is 108 Å². The maximum Gasteiger partial charge on any atom is 0.328 e. The van der Waals surface area contributed by atoms with Crippen molar-refractivity contribution in [2.24, 2.45) is 5.73 Å². The zero-order chi connectivity index (χ0) is 24.1.